The second kappa shape index (κ2) is 9.10. The zero-order valence-corrected chi connectivity index (χ0v) is 21.1. The lowest BCUT2D eigenvalue weighted by Crippen LogP contribution is -2.54. The molecule has 14 heteroatoms. The smallest absolute Gasteiger partial charge is 0.348 e. The van der Waals surface area contributed by atoms with Crippen molar-refractivity contribution in [1.82, 2.24) is 15.0 Å². The van der Waals surface area contributed by atoms with E-state index in [1.807, 2.05) is 0 Å². The number of halogens is 3. The normalized spacial score (nSPS) is 18.1. The summed E-state index contributed by atoms with van der Waals surface area (Å²) in [5.41, 5.74) is 1.36. The summed E-state index contributed by atoms with van der Waals surface area (Å²) in [7, 11) is 6.08. The molecule has 1 N–H and O–H groups in total. The molecule has 0 bridgehead atoms. The van der Waals surface area contributed by atoms with Gasteiger partial charge in [-0.1, -0.05) is 35.3 Å². The monoisotopic (exact) mass is 509 g/mol. The number of nitrogens with zero attached hydrogens (tertiary/aromatic N) is 2. The number of nitrogens with one attached hydrogen (secondary N) is 1. The second-order valence-corrected chi connectivity index (χ2v) is 10.2. The average Bonchev–Trinajstić information content (AvgIpc) is 3.13. The SMILES string of the molecule is Bc1cc(Cl)ccc1C(F)(F)C(=O)N(B)C(B)(B)c1ccc2c(c1)CN(C1CCC(=O)NC1=O)C2=O. The van der Waals surface area contributed by atoms with Crippen molar-refractivity contribution >= 4 is 72.2 Å². The van der Waals surface area contributed by atoms with Crippen LogP contribution in [0, 0.1) is 0 Å². The number of amides is 4. The van der Waals surface area contributed by atoms with Crippen LogP contribution in [0.15, 0.2) is 36.4 Å². The Bertz CT molecular complexity index is 1310. The summed E-state index contributed by atoms with van der Waals surface area (Å²) in [5.74, 6) is -6.38. The Morgan fingerprint density at radius 1 is 1.14 bits per heavy atom. The van der Waals surface area contributed by atoms with E-state index >= 15 is 8.78 Å². The summed E-state index contributed by atoms with van der Waals surface area (Å²) < 4.78 is 30.6. The van der Waals surface area contributed by atoms with Crippen molar-refractivity contribution < 1.29 is 28.0 Å². The Balaban J connectivity index is 1.59. The molecule has 0 saturated carbocycles. The quantitative estimate of drug-likeness (QED) is 0.370. The van der Waals surface area contributed by atoms with Crippen molar-refractivity contribution in [3.8, 4) is 0 Å². The largest absolute Gasteiger partial charge is 0.393 e. The summed E-state index contributed by atoms with van der Waals surface area (Å²) in [6.07, 6.45) is 0.377. The first-order valence-electron chi connectivity index (χ1n) is 11.5. The molecule has 1 saturated heterocycles. The Morgan fingerprint density at radius 3 is 2.47 bits per heavy atom. The molecule has 1 unspecified atom stereocenters. The molecule has 4 rings (SSSR count). The highest BCUT2D eigenvalue weighted by atomic mass is 35.5. The summed E-state index contributed by atoms with van der Waals surface area (Å²) >= 11 is 5.89. The van der Waals surface area contributed by atoms with Crippen LogP contribution in [0.2, 0.25) is 5.02 Å². The van der Waals surface area contributed by atoms with Crippen LogP contribution in [0.1, 0.15) is 39.9 Å². The molecule has 36 heavy (non-hydrogen) atoms. The lowest BCUT2D eigenvalue weighted by atomic mass is 9.55. The minimum atomic E-state index is -3.78. The van der Waals surface area contributed by atoms with Crippen molar-refractivity contribution in [2.24, 2.45) is 0 Å². The van der Waals surface area contributed by atoms with Gasteiger partial charge in [0.2, 0.25) is 19.8 Å². The number of benzene rings is 2. The second-order valence-electron chi connectivity index (χ2n) is 9.73. The van der Waals surface area contributed by atoms with Crippen LogP contribution in [0.5, 0.6) is 0 Å². The molecular weight excluding hydrogens is 487 g/mol. The van der Waals surface area contributed by atoms with Crippen LogP contribution in [0.3, 0.4) is 0 Å². The van der Waals surface area contributed by atoms with Gasteiger partial charge in [0.25, 0.3) is 11.8 Å². The molecule has 2 aliphatic rings. The van der Waals surface area contributed by atoms with Gasteiger partial charge in [0, 0.05) is 29.1 Å². The molecule has 4 amide bonds. The fourth-order valence-corrected chi connectivity index (χ4v) is 4.93. The van der Waals surface area contributed by atoms with E-state index < -0.39 is 34.7 Å². The Labute approximate surface area is 215 Å². The number of fused-ring (bicyclic) bond motifs is 1. The number of alkyl halides is 2. The lowest BCUT2D eigenvalue weighted by Gasteiger charge is -2.40. The first-order chi connectivity index (χ1) is 16.7. The summed E-state index contributed by atoms with van der Waals surface area (Å²) in [6, 6.07) is 8.01. The van der Waals surface area contributed by atoms with E-state index in [2.05, 4.69) is 5.32 Å². The molecule has 2 aromatic rings. The van der Waals surface area contributed by atoms with Gasteiger partial charge in [0.15, 0.2) is 0 Å². The van der Waals surface area contributed by atoms with Crippen LogP contribution in [0.4, 0.5) is 8.78 Å². The zero-order valence-electron chi connectivity index (χ0n) is 20.3. The van der Waals surface area contributed by atoms with Crippen molar-refractivity contribution in [3.05, 3.63) is 63.7 Å². The Morgan fingerprint density at radius 2 is 1.83 bits per heavy atom. The van der Waals surface area contributed by atoms with E-state index in [9.17, 15) is 19.2 Å². The van der Waals surface area contributed by atoms with E-state index in [0.29, 0.717) is 21.7 Å². The van der Waals surface area contributed by atoms with Crippen molar-refractivity contribution in [3.63, 3.8) is 0 Å². The number of hydrogen-bond acceptors (Lipinski definition) is 4. The molecule has 0 aliphatic carbocycles. The molecule has 182 valence electrons. The van der Waals surface area contributed by atoms with Crippen LogP contribution in [-0.4, -0.2) is 70.9 Å². The summed E-state index contributed by atoms with van der Waals surface area (Å²) in [6.45, 7) is 0.141. The molecule has 0 aromatic heterocycles. The lowest BCUT2D eigenvalue weighted by molar-refractivity contribution is -0.155. The van der Waals surface area contributed by atoms with Gasteiger partial charge in [-0.05, 0) is 41.1 Å². The number of piperidine rings is 1. The van der Waals surface area contributed by atoms with Crippen LogP contribution >= 0.6 is 11.6 Å². The van der Waals surface area contributed by atoms with Gasteiger partial charge in [-0.2, -0.15) is 8.78 Å². The Hall–Kier alpha value is -3.07. The number of carbonyl (C=O) groups excluding carboxylic acids is 4. The highest BCUT2D eigenvalue weighted by Gasteiger charge is 2.47. The van der Waals surface area contributed by atoms with Gasteiger partial charge >= 0.3 is 5.92 Å². The third kappa shape index (κ3) is 4.34. The van der Waals surface area contributed by atoms with Crippen molar-refractivity contribution in [2.75, 3.05) is 0 Å². The maximum Gasteiger partial charge on any atom is 0.348 e. The molecule has 2 aliphatic heterocycles. The first kappa shape index (κ1) is 26.0. The van der Waals surface area contributed by atoms with Gasteiger partial charge in [0.05, 0.1) is 0 Å². The average molecular weight is 509 g/mol. The maximum absolute atomic E-state index is 15.3. The number of imide groups is 1. The number of hydrogen-bond donors (Lipinski definition) is 1. The topological polar surface area (TPSA) is 86.8 Å². The molecule has 2 heterocycles. The van der Waals surface area contributed by atoms with E-state index in [1.165, 1.54) is 32.9 Å². The third-order valence-corrected chi connectivity index (χ3v) is 7.40. The van der Waals surface area contributed by atoms with Gasteiger partial charge in [-0.15, -0.1) is 0 Å². The molecule has 7 nitrogen and oxygen atoms in total. The van der Waals surface area contributed by atoms with E-state index in [-0.39, 0.29) is 36.7 Å². The molecule has 1 fully saturated rings. The molecular formula is C22H22B4ClF2N3O4. The highest BCUT2D eigenvalue weighted by Crippen LogP contribution is 2.35. The predicted octanol–water partition coefficient (Wildman–Crippen LogP) is -2.10. The predicted molar refractivity (Wildman–Crippen MR) is 140 cm³/mol. The molecule has 1 atom stereocenters. The minimum Gasteiger partial charge on any atom is -0.393 e. The maximum atomic E-state index is 15.3. The number of rotatable bonds is 5. The van der Waals surface area contributed by atoms with Gasteiger partial charge in [-0.3, -0.25) is 24.5 Å². The van der Waals surface area contributed by atoms with Gasteiger partial charge in [0.1, 0.15) is 29.6 Å². The minimum absolute atomic E-state index is 0.141. The van der Waals surface area contributed by atoms with E-state index in [4.69, 9.17) is 11.6 Å². The third-order valence-electron chi connectivity index (χ3n) is 7.17. The molecule has 2 aromatic carbocycles. The standard InChI is InChI=1S/C22H22B4ClF2N3O4/c23-15-8-12(27)2-4-14(15)21(28,29)20(36)32(26)22(24,25)11-1-3-13-10(7-11)9-31(19(13)35)16-5-6-17(33)30-18(16)34/h1-4,7-8,16H,5-6,9,23-26H2,(H,30,33,34). The van der Waals surface area contributed by atoms with E-state index in [0.717, 1.165) is 10.9 Å². The number of carbonyl (C=O) groups is 4. The van der Waals surface area contributed by atoms with Crippen LogP contribution < -0.4 is 10.8 Å². The fourth-order valence-electron chi connectivity index (χ4n) is 4.71. The van der Waals surface area contributed by atoms with Crippen LogP contribution in [-0.2, 0) is 32.2 Å². The van der Waals surface area contributed by atoms with Crippen molar-refractivity contribution in [2.45, 2.75) is 36.7 Å². The molecule has 0 radical (unpaired) electrons. The highest BCUT2D eigenvalue weighted by molar-refractivity contribution is 6.44. The van der Waals surface area contributed by atoms with Gasteiger partial charge < -0.3 is 9.71 Å². The van der Waals surface area contributed by atoms with Crippen molar-refractivity contribution in [1.29, 1.82) is 0 Å². The summed E-state index contributed by atoms with van der Waals surface area (Å²) in [4.78, 5) is 52.2. The Kier molecular flexibility index (Phi) is 6.58. The first-order valence-corrected chi connectivity index (χ1v) is 11.8. The summed E-state index contributed by atoms with van der Waals surface area (Å²) in [5, 5.41) is 1.40. The zero-order chi connectivity index (χ0) is 26.6. The fraction of sp³-hybridized carbons (Fsp3) is 0.273. The van der Waals surface area contributed by atoms with Gasteiger partial charge in [-0.25, -0.2) is 0 Å². The van der Waals surface area contributed by atoms with Crippen LogP contribution in [0.25, 0.3) is 0 Å². The molecule has 0 spiro atoms. The van der Waals surface area contributed by atoms with E-state index in [1.54, 1.807) is 33.9 Å².